The van der Waals surface area contributed by atoms with Gasteiger partial charge in [0.2, 0.25) is 0 Å². The first-order valence-corrected chi connectivity index (χ1v) is 7.07. The minimum absolute atomic E-state index is 0.173. The predicted octanol–water partition coefficient (Wildman–Crippen LogP) is 3.29. The zero-order valence-electron chi connectivity index (χ0n) is 11.2. The van der Waals surface area contributed by atoms with Crippen LogP contribution in [0.4, 0.5) is 5.82 Å². The lowest BCUT2D eigenvalue weighted by Crippen LogP contribution is -2.29. The number of anilines is 1. The Morgan fingerprint density at radius 3 is 2.65 bits per heavy atom. The van der Waals surface area contributed by atoms with E-state index in [1.54, 1.807) is 0 Å². The molecule has 0 aliphatic heterocycles. The molecule has 0 saturated heterocycles. The van der Waals surface area contributed by atoms with E-state index in [2.05, 4.69) is 22.4 Å². The number of carbonyl (C=O) groups is 1. The van der Waals surface area contributed by atoms with Crippen molar-refractivity contribution >= 4 is 22.6 Å². The van der Waals surface area contributed by atoms with Crippen molar-refractivity contribution in [2.45, 2.75) is 31.7 Å². The van der Waals surface area contributed by atoms with Gasteiger partial charge in [0.25, 0.3) is 0 Å². The Labute approximate surface area is 117 Å². The summed E-state index contributed by atoms with van der Waals surface area (Å²) in [7, 11) is 0. The van der Waals surface area contributed by atoms with Crippen LogP contribution in [-0.4, -0.2) is 22.1 Å². The number of aromatic nitrogens is 1. The van der Waals surface area contributed by atoms with Crippen molar-refractivity contribution in [1.82, 2.24) is 4.98 Å². The molecular weight excluding hydrogens is 252 g/mol. The second kappa shape index (κ2) is 5.49. The number of fused-ring (bicyclic) bond motifs is 1. The molecule has 3 rings (SSSR count). The third kappa shape index (κ3) is 2.59. The van der Waals surface area contributed by atoms with Crippen molar-refractivity contribution in [2.75, 3.05) is 5.32 Å². The van der Waals surface area contributed by atoms with Gasteiger partial charge in [-0.15, -0.1) is 0 Å². The van der Waals surface area contributed by atoms with Crippen molar-refractivity contribution < 1.29 is 9.90 Å². The molecule has 0 unspecified atom stereocenters. The van der Waals surface area contributed by atoms with E-state index in [1.165, 1.54) is 5.39 Å². The smallest absolute Gasteiger partial charge is 0.306 e. The number of carboxylic acid groups (broad SMARTS) is 1. The van der Waals surface area contributed by atoms with E-state index in [9.17, 15) is 4.79 Å². The van der Waals surface area contributed by atoms with E-state index in [0.29, 0.717) is 6.04 Å². The van der Waals surface area contributed by atoms with Gasteiger partial charge in [0, 0.05) is 17.6 Å². The summed E-state index contributed by atoms with van der Waals surface area (Å²) in [5.41, 5.74) is 0. The lowest BCUT2D eigenvalue weighted by molar-refractivity contribution is -0.142. The molecule has 1 aromatic heterocycles. The second-order valence-corrected chi connectivity index (χ2v) is 5.41. The van der Waals surface area contributed by atoms with Crippen LogP contribution in [0.1, 0.15) is 25.7 Å². The number of aliphatic carboxylic acids is 1. The molecule has 20 heavy (non-hydrogen) atoms. The van der Waals surface area contributed by atoms with Crippen LogP contribution in [0.2, 0.25) is 0 Å². The lowest BCUT2D eigenvalue weighted by atomic mass is 9.86. The number of rotatable bonds is 3. The summed E-state index contributed by atoms with van der Waals surface area (Å²) < 4.78 is 0. The minimum Gasteiger partial charge on any atom is -0.481 e. The number of pyridine rings is 1. The first-order chi connectivity index (χ1) is 9.74. The van der Waals surface area contributed by atoms with Crippen molar-refractivity contribution in [3.8, 4) is 0 Å². The molecule has 0 atom stereocenters. The molecule has 4 nitrogen and oxygen atoms in total. The molecule has 1 aromatic carbocycles. The van der Waals surface area contributed by atoms with E-state index in [1.807, 2.05) is 24.4 Å². The summed E-state index contributed by atoms with van der Waals surface area (Å²) in [4.78, 5) is 15.4. The average molecular weight is 270 g/mol. The maximum atomic E-state index is 11.0. The SMILES string of the molecule is O=C(O)C1CCC(Nc2nccc3ccccc23)CC1. The molecule has 1 saturated carbocycles. The first kappa shape index (κ1) is 12.9. The molecule has 0 amide bonds. The molecular formula is C16H18N2O2. The van der Waals surface area contributed by atoms with Crippen molar-refractivity contribution in [1.29, 1.82) is 0 Å². The molecule has 1 fully saturated rings. The van der Waals surface area contributed by atoms with Gasteiger partial charge >= 0.3 is 5.97 Å². The number of nitrogens with one attached hydrogen (secondary N) is 1. The van der Waals surface area contributed by atoms with E-state index in [0.717, 1.165) is 36.9 Å². The van der Waals surface area contributed by atoms with Gasteiger partial charge in [-0.05, 0) is 37.1 Å². The van der Waals surface area contributed by atoms with Gasteiger partial charge in [-0.1, -0.05) is 24.3 Å². The van der Waals surface area contributed by atoms with E-state index in [-0.39, 0.29) is 5.92 Å². The third-order valence-corrected chi connectivity index (χ3v) is 4.09. The van der Waals surface area contributed by atoms with Gasteiger partial charge in [-0.2, -0.15) is 0 Å². The van der Waals surface area contributed by atoms with Crippen LogP contribution in [0, 0.1) is 5.92 Å². The molecule has 4 heteroatoms. The lowest BCUT2D eigenvalue weighted by Gasteiger charge is -2.27. The number of benzene rings is 1. The van der Waals surface area contributed by atoms with Gasteiger partial charge in [-0.3, -0.25) is 4.79 Å². The van der Waals surface area contributed by atoms with Gasteiger partial charge in [-0.25, -0.2) is 4.98 Å². The summed E-state index contributed by atoms with van der Waals surface area (Å²) in [6.07, 6.45) is 5.09. The molecule has 0 radical (unpaired) electrons. The number of hydrogen-bond acceptors (Lipinski definition) is 3. The standard InChI is InChI=1S/C16H18N2O2/c19-16(20)12-5-7-13(8-6-12)18-15-14-4-2-1-3-11(14)9-10-17-15/h1-4,9-10,12-13H,5-8H2,(H,17,18)(H,19,20). The van der Waals surface area contributed by atoms with Crippen LogP contribution >= 0.6 is 0 Å². The summed E-state index contributed by atoms with van der Waals surface area (Å²) in [6, 6.07) is 10.5. The van der Waals surface area contributed by atoms with Gasteiger partial charge < -0.3 is 10.4 Å². The summed E-state index contributed by atoms with van der Waals surface area (Å²) >= 11 is 0. The number of carboxylic acids is 1. The Balaban J connectivity index is 1.73. The van der Waals surface area contributed by atoms with Crippen LogP contribution in [0.15, 0.2) is 36.5 Å². The fourth-order valence-electron chi connectivity index (χ4n) is 2.91. The Morgan fingerprint density at radius 1 is 1.15 bits per heavy atom. The quantitative estimate of drug-likeness (QED) is 0.898. The first-order valence-electron chi connectivity index (χ1n) is 7.07. The van der Waals surface area contributed by atoms with Crippen LogP contribution < -0.4 is 5.32 Å². The van der Waals surface area contributed by atoms with Crippen molar-refractivity contribution in [3.05, 3.63) is 36.5 Å². The van der Waals surface area contributed by atoms with Gasteiger partial charge in [0.15, 0.2) is 0 Å². The summed E-state index contributed by atoms with van der Waals surface area (Å²) in [5.74, 6) is 0.0714. The van der Waals surface area contributed by atoms with Crippen LogP contribution in [-0.2, 0) is 4.79 Å². The highest BCUT2D eigenvalue weighted by atomic mass is 16.4. The minimum atomic E-state index is -0.660. The Bertz CT molecular complexity index is 613. The third-order valence-electron chi connectivity index (χ3n) is 4.09. The largest absolute Gasteiger partial charge is 0.481 e. The highest BCUT2D eigenvalue weighted by Crippen LogP contribution is 2.28. The second-order valence-electron chi connectivity index (χ2n) is 5.41. The molecule has 0 spiro atoms. The topological polar surface area (TPSA) is 62.2 Å². The number of nitrogens with zero attached hydrogens (tertiary/aromatic N) is 1. The predicted molar refractivity (Wildman–Crippen MR) is 78.7 cm³/mol. The summed E-state index contributed by atoms with van der Waals surface area (Å²) in [6.45, 7) is 0. The monoisotopic (exact) mass is 270 g/mol. The highest BCUT2D eigenvalue weighted by molar-refractivity contribution is 5.91. The fraction of sp³-hybridized carbons (Fsp3) is 0.375. The zero-order valence-corrected chi connectivity index (χ0v) is 11.2. The van der Waals surface area contributed by atoms with E-state index >= 15 is 0 Å². The van der Waals surface area contributed by atoms with E-state index < -0.39 is 5.97 Å². The zero-order chi connectivity index (χ0) is 13.9. The molecule has 2 aromatic rings. The highest BCUT2D eigenvalue weighted by Gasteiger charge is 2.26. The van der Waals surface area contributed by atoms with Crippen molar-refractivity contribution in [3.63, 3.8) is 0 Å². The molecule has 104 valence electrons. The molecule has 1 heterocycles. The molecule has 0 bridgehead atoms. The number of hydrogen-bond donors (Lipinski definition) is 2. The van der Waals surface area contributed by atoms with Crippen LogP contribution in [0.5, 0.6) is 0 Å². The van der Waals surface area contributed by atoms with Gasteiger partial charge in [0.05, 0.1) is 5.92 Å². The average Bonchev–Trinajstić information content (AvgIpc) is 2.48. The Morgan fingerprint density at radius 2 is 1.90 bits per heavy atom. The maximum absolute atomic E-state index is 11.0. The maximum Gasteiger partial charge on any atom is 0.306 e. The normalized spacial score (nSPS) is 22.6. The molecule has 1 aliphatic rings. The van der Waals surface area contributed by atoms with Gasteiger partial charge in [0.1, 0.15) is 5.82 Å². The van der Waals surface area contributed by atoms with Crippen LogP contribution in [0.25, 0.3) is 10.8 Å². The Kier molecular flexibility index (Phi) is 3.54. The molecule has 2 N–H and O–H groups in total. The summed E-state index contributed by atoms with van der Waals surface area (Å²) in [5, 5.41) is 14.8. The van der Waals surface area contributed by atoms with Crippen molar-refractivity contribution in [2.24, 2.45) is 5.92 Å². The fourth-order valence-corrected chi connectivity index (χ4v) is 2.91. The Hall–Kier alpha value is -2.10. The molecule has 1 aliphatic carbocycles. The van der Waals surface area contributed by atoms with E-state index in [4.69, 9.17) is 5.11 Å². The van der Waals surface area contributed by atoms with Crippen LogP contribution in [0.3, 0.4) is 0 Å².